The van der Waals surface area contributed by atoms with Gasteiger partial charge in [0.2, 0.25) is 0 Å². The summed E-state index contributed by atoms with van der Waals surface area (Å²) in [5.74, 6) is 0. The maximum atomic E-state index is 8.50. The van der Waals surface area contributed by atoms with Gasteiger partial charge in [-0.25, -0.2) is 0 Å². The van der Waals surface area contributed by atoms with E-state index in [-0.39, 0.29) is 6.61 Å². The van der Waals surface area contributed by atoms with Crippen molar-refractivity contribution in [3.63, 3.8) is 0 Å². The first-order valence-corrected chi connectivity index (χ1v) is 12.3. The standard InChI is InChI=1S/C3H4Cl4OTe/c4-1-3(2-8)9(5,6)7/h1,8H,2H2/b3-1+. The van der Waals surface area contributed by atoms with Gasteiger partial charge in [0.1, 0.15) is 0 Å². The van der Waals surface area contributed by atoms with Crippen molar-refractivity contribution in [1.82, 2.24) is 0 Å². The van der Waals surface area contributed by atoms with Crippen molar-refractivity contribution in [2.75, 3.05) is 6.61 Å². The van der Waals surface area contributed by atoms with Gasteiger partial charge in [0.15, 0.2) is 0 Å². The third-order valence-corrected chi connectivity index (χ3v) is 7.64. The normalized spacial score (nSPS) is 15.9. The summed E-state index contributed by atoms with van der Waals surface area (Å²) in [5.41, 5.74) is 1.13. The van der Waals surface area contributed by atoms with Gasteiger partial charge >= 0.3 is 74.2 Å². The Bertz CT molecular complexity index is 117. The van der Waals surface area contributed by atoms with Crippen LogP contribution < -0.4 is 0 Å². The molecule has 1 N–H and O–H groups in total. The molecule has 0 atom stereocenters. The molecule has 0 aromatic heterocycles. The molecule has 0 aliphatic heterocycles. The van der Waals surface area contributed by atoms with Gasteiger partial charge in [-0.3, -0.25) is 0 Å². The summed E-state index contributed by atoms with van der Waals surface area (Å²) in [6.07, 6.45) is 0. The van der Waals surface area contributed by atoms with Crippen LogP contribution in [0.5, 0.6) is 0 Å². The molecule has 0 aliphatic rings. The third kappa shape index (κ3) is 4.16. The first-order chi connectivity index (χ1) is 4.02. The molecule has 0 unspecified atom stereocenters. The number of aliphatic hydroxyl groups excluding tert-OH is 1. The Kier molecular flexibility index (Phi) is 5.34. The van der Waals surface area contributed by atoms with E-state index < -0.39 is 14.8 Å². The van der Waals surface area contributed by atoms with E-state index >= 15 is 0 Å². The molecule has 1 nitrogen and oxygen atoms in total. The van der Waals surface area contributed by atoms with Crippen molar-refractivity contribution in [2.45, 2.75) is 0 Å². The molecular weight excluding hydrogens is 321 g/mol. The molecule has 56 valence electrons. The molecule has 0 aromatic carbocycles. The zero-order valence-corrected chi connectivity index (χ0v) is 9.51. The summed E-state index contributed by atoms with van der Waals surface area (Å²) in [6, 6.07) is 0. The van der Waals surface area contributed by atoms with E-state index in [1.807, 2.05) is 0 Å². The fourth-order valence-electron chi connectivity index (χ4n) is 0.158. The number of rotatable bonds is 2. The van der Waals surface area contributed by atoms with E-state index in [1.54, 1.807) is 0 Å². The first kappa shape index (κ1) is 10.6. The molecule has 0 saturated heterocycles. The van der Waals surface area contributed by atoms with Crippen LogP contribution in [0.25, 0.3) is 0 Å². The number of halogens is 4. The maximum absolute atomic E-state index is 8.50. The van der Waals surface area contributed by atoms with E-state index in [4.69, 9.17) is 43.6 Å². The van der Waals surface area contributed by atoms with Crippen molar-refractivity contribution in [1.29, 1.82) is 0 Å². The number of hydrogen-bond acceptors (Lipinski definition) is 1. The average Bonchev–Trinajstić information content (AvgIpc) is 1.65. The van der Waals surface area contributed by atoms with Crippen LogP contribution in [0.1, 0.15) is 0 Å². The van der Waals surface area contributed by atoms with Crippen molar-refractivity contribution in [3.8, 4) is 0 Å². The van der Waals surface area contributed by atoms with Gasteiger partial charge < -0.3 is 0 Å². The molecule has 0 bridgehead atoms. The fourth-order valence-corrected chi connectivity index (χ4v) is 4.63. The van der Waals surface area contributed by atoms with Crippen molar-refractivity contribution in [3.05, 3.63) is 9.16 Å². The van der Waals surface area contributed by atoms with E-state index in [2.05, 4.69) is 0 Å². The van der Waals surface area contributed by atoms with Crippen LogP contribution in [0.15, 0.2) is 9.16 Å². The molecule has 0 aliphatic carbocycles. The second-order valence-electron chi connectivity index (χ2n) is 1.14. The second-order valence-corrected chi connectivity index (χ2v) is 17.7. The predicted octanol–water partition coefficient (Wildman–Crippen LogP) is 2.30. The van der Waals surface area contributed by atoms with Gasteiger partial charge in [-0.1, -0.05) is 0 Å². The summed E-state index contributed by atoms with van der Waals surface area (Å²) in [6.45, 7) is -0.263. The topological polar surface area (TPSA) is 20.2 Å². The van der Waals surface area contributed by atoms with Crippen LogP contribution >= 0.6 is 38.5 Å². The summed E-state index contributed by atoms with van der Waals surface area (Å²) in [5, 5.41) is 8.50. The molecule has 0 spiro atoms. The van der Waals surface area contributed by atoms with E-state index in [0.717, 1.165) is 5.54 Å². The monoisotopic (exact) mass is 326 g/mol. The summed E-state index contributed by atoms with van der Waals surface area (Å²) < 4.78 is 0.351. The molecule has 0 amide bonds. The zero-order chi connectivity index (χ0) is 7.49. The third-order valence-electron chi connectivity index (χ3n) is 0.575. The molecule has 0 heterocycles. The number of hydrogen-bond donors (Lipinski definition) is 1. The van der Waals surface area contributed by atoms with Gasteiger partial charge in [0, 0.05) is 0 Å². The Labute approximate surface area is 73.6 Å². The summed E-state index contributed by atoms with van der Waals surface area (Å²) in [7, 11) is 16.5. The Morgan fingerprint density at radius 3 is 1.89 bits per heavy atom. The van der Waals surface area contributed by atoms with Gasteiger partial charge in [-0.05, 0) is 0 Å². The van der Waals surface area contributed by atoms with Crippen LogP contribution in [-0.2, 0) is 0 Å². The summed E-state index contributed by atoms with van der Waals surface area (Å²) in [4.78, 5) is 0. The van der Waals surface area contributed by atoms with Gasteiger partial charge in [0.05, 0.1) is 0 Å². The molecule has 0 saturated carbocycles. The average molecular weight is 325 g/mol. The second kappa shape index (κ2) is 4.51. The Balaban J connectivity index is 4.14. The molecule has 0 fully saturated rings. The van der Waals surface area contributed by atoms with Crippen LogP contribution in [0.2, 0.25) is 0 Å². The predicted molar refractivity (Wildman–Crippen MR) is 44.3 cm³/mol. The molecule has 0 aromatic rings. The van der Waals surface area contributed by atoms with Gasteiger partial charge in [-0.15, -0.1) is 0 Å². The van der Waals surface area contributed by atoms with Crippen LogP contribution in [0.3, 0.4) is 0 Å². The molecule has 0 rings (SSSR count). The van der Waals surface area contributed by atoms with E-state index in [0.29, 0.717) is 3.62 Å². The fraction of sp³-hybridized carbons (Fsp3) is 0.333. The van der Waals surface area contributed by atoms with Gasteiger partial charge in [-0.2, -0.15) is 0 Å². The SMILES string of the molecule is OC/C(=C\Cl)[Te](Cl)(Cl)Cl. The molecular formula is C3H4Cl4OTe. The Hall–Kier alpha value is 1.65. The van der Waals surface area contributed by atoms with Crippen LogP contribution in [0, 0.1) is 0 Å². The number of aliphatic hydroxyl groups is 1. The van der Waals surface area contributed by atoms with Crippen molar-refractivity contribution < 1.29 is 5.11 Å². The molecule has 0 radical (unpaired) electrons. The molecule has 9 heavy (non-hydrogen) atoms. The zero-order valence-electron chi connectivity index (χ0n) is 4.15. The first-order valence-electron chi connectivity index (χ1n) is 1.84. The van der Waals surface area contributed by atoms with E-state index in [9.17, 15) is 0 Å². The van der Waals surface area contributed by atoms with Crippen molar-refractivity contribution >= 4 is 53.3 Å². The minimum atomic E-state index is -3.37. The minimum absolute atomic E-state index is 0.263. The van der Waals surface area contributed by atoms with Crippen LogP contribution in [0.4, 0.5) is 0 Å². The van der Waals surface area contributed by atoms with Crippen LogP contribution in [-0.4, -0.2) is 26.5 Å². The molecule has 6 heteroatoms. The summed E-state index contributed by atoms with van der Waals surface area (Å²) >= 11 is 1.85. The Morgan fingerprint density at radius 2 is 1.89 bits per heavy atom. The Morgan fingerprint density at radius 1 is 1.44 bits per heavy atom. The van der Waals surface area contributed by atoms with E-state index in [1.165, 1.54) is 0 Å². The van der Waals surface area contributed by atoms with Gasteiger partial charge in [0.25, 0.3) is 0 Å². The quantitative estimate of drug-likeness (QED) is 0.773. The van der Waals surface area contributed by atoms with Crippen molar-refractivity contribution in [2.24, 2.45) is 0 Å².